The first-order valence-corrected chi connectivity index (χ1v) is 11.0. The van der Waals surface area contributed by atoms with Crippen molar-refractivity contribution in [3.63, 3.8) is 0 Å². The normalized spacial score (nSPS) is 24.8. The highest BCUT2D eigenvalue weighted by molar-refractivity contribution is 5.62. The van der Waals surface area contributed by atoms with Gasteiger partial charge < -0.3 is 10.2 Å². The molecule has 1 aromatic heterocycles. The Kier molecular flexibility index (Phi) is 5.21. The van der Waals surface area contributed by atoms with E-state index in [1.807, 2.05) is 0 Å². The van der Waals surface area contributed by atoms with Crippen molar-refractivity contribution in [2.45, 2.75) is 38.7 Å². The fraction of sp³-hybridized carbons (Fsp3) is 0.346. The summed E-state index contributed by atoms with van der Waals surface area (Å²) >= 11 is 0. The van der Waals surface area contributed by atoms with Gasteiger partial charge in [-0.25, -0.2) is 17.9 Å². The van der Waals surface area contributed by atoms with Crippen molar-refractivity contribution in [3.05, 3.63) is 88.5 Å². The number of hydrogen-bond donors (Lipinski definition) is 2. The molecule has 1 fully saturated rings. The van der Waals surface area contributed by atoms with E-state index in [4.69, 9.17) is 0 Å². The van der Waals surface area contributed by atoms with E-state index in [-0.39, 0.29) is 24.4 Å². The third-order valence-corrected chi connectivity index (χ3v) is 7.72. The predicted molar refractivity (Wildman–Crippen MR) is 118 cm³/mol. The van der Waals surface area contributed by atoms with Gasteiger partial charge in [-0.2, -0.15) is 5.10 Å². The molecule has 7 heteroatoms. The van der Waals surface area contributed by atoms with Crippen LogP contribution in [0.5, 0.6) is 0 Å². The molecule has 172 valence electrons. The van der Waals surface area contributed by atoms with Gasteiger partial charge in [0.25, 0.3) is 0 Å². The maximum absolute atomic E-state index is 13.7. The minimum Gasteiger partial charge on any atom is -0.396 e. The molecule has 2 N–H and O–H groups in total. The zero-order chi connectivity index (χ0) is 23.4. The first-order valence-electron chi connectivity index (χ1n) is 11.0. The molecule has 0 aliphatic heterocycles. The lowest BCUT2D eigenvalue weighted by Gasteiger charge is -2.46. The summed E-state index contributed by atoms with van der Waals surface area (Å²) in [6.45, 7) is 1.93. The summed E-state index contributed by atoms with van der Waals surface area (Å²) in [4.78, 5) is 0. The number of fused-ring (bicyclic) bond motifs is 2. The number of rotatable bonds is 5. The Bertz CT molecular complexity index is 1220. The van der Waals surface area contributed by atoms with E-state index in [9.17, 15) is 23.4 Å². The molecule has 0 radical (unpaired) electrons. The van der Waals surface area contributed by atoms with Crippen LogP contribution in [0.3, 0.4) is 0 Å². The molecule has 3 atom stereocenters. The molecule has 0 bridgehead atoms. The number of nitrogens with zero attached hydrogens (tertiary/aromatic N) is 2. The van der Waals surface area contributed by atoms with E-state index in [0.717, 1.165) is 47.1 Å². The number of aromatic nitrogens is 2. The lowest BCUT2D eigenvalue weighted by atomic mass is 9.59. The minimum absolute atomic E-state index is 0.156. The molecule has 2 aromatic carbocycles. The van der Waals surface area contributed by atoms with Crippen LogP contribution in [0.15, 0.2) is 54.2 Å². The van der Waals surface area contributed by atoms with Crippen LogP contribution in [0.2, 0.25) is 0 Å². The minimum atomic E-state index is -1.11. The standard InChI is InChI=1S/C26H25F3N2O2/c1-25-12-17-14-30-31(22-4-2-19(27)3-5-22)23(17)10-18(25)6-7-26(25,15-32)13-24(33)16-8-20(28)11-21(29)9-16/h2-5,8-11,14,24,32-33H,6-7,12-13,15H2,1H3/t24?,25-,26-/m0/s1. The highest BCUT2D eigenvalue weighted by atomic mass is 19.1. The van der Waals surface area contributed by atoms with E-state index in [2.05, 4.69) is 18.1 Å². The van der Waals surface area contributed by atoms with Crippen LogP contribution in [0.4, 0.5) is 13.2 Å². The second-order valence-corrected chi connectivity index (χ2v) is 9.48. The summed E-state index contributed by atoms with van der Waals surface area (Å²) in [5.74, 6) is -1.79. The summed E-state index contributed by atoms with van der Waals surface area (Å²) in [6.07, 6.45) is 4.94. The van der Waals surface area contributed by atoms with Gasteiger partial charge in [0.1, 0.15) is 17.5 Å². The van der Waals surface area contributed by atoms with E-state index in [0.29, 0.717) is 12.8 Å². The Morgan fingerprint density at radius 3 is 2.42 bits per heavy atom. The van der Waals surface area contributed by atoms with Crippen molar-refractivity contribution in [3.8, 4) is 5.69 Å². The molecule has 5 rings (SSSR count). The third-order valence-electron chi connectivity index (χ3n) is 7.72. The average molecular weight is 454 g/mol. The van der Waals surface area contributed by atoms with Gasteiger partial charge in [0.15, 0.2) is 0 Å². The Hall–Kier alpha value is -2.90. The molecule has 0 saturated heterocycles. The van der Waals surface area contributed by atoms with Crippen LogP contribution in [0.1, 0.15) is 49.1 Å². The van der Waals surface area contributed by atoms with Crippen LogP contribution >= 0.6 is 0 Å². The van der Waals surface area contributed by atoms with E-state index in [1.54, 1.807) is 23.0 Å². The molecular weight excluding hydrogens is 429 g/mol. The quantitative estimate of drug-likeness (QED) is 0.562. The van der Waals surface area contributed by atoms with Crippen LogP contribution in [-0.4, -0.2) is 26.6 Å². The van der Waals surface area contributed by atoms with E-state index < -0.39 is 28.6 Å². The first kappa shape index (κ1) is 21.9. The maximum atomic E-state index is 13.7. The van der Waals surface area contributed by atoms with Crippen molar-refractivity contribution in [2.75, 3.05) is 6.61 Å². The molecular formula is C26H25F3N2O2. The van der Waals surface area contributed by atoms with Crippen molar-refractivity contribution in [2.24, 2.45) is 10.8 Å². The highest BCUT2D eigenvalue weighted by Crippen LogP contribution is 2.62. The number of hydrogen-bond acceptors (Lipinski definition) is 3. The SMILES string of the molecule is C[C@]12Cc3cnn(-c4ccc(F)cc4)c3C=C1CC[C@@]2(CO)CC(O)c1cc(F)cc(F)c1. The second-order valence-electron chi connectivity index (χ2n) is 9.48. The fourth-order valence-corrected chi connectivity index (χ4v) is 5.72. The molecule has 2 aliphatic carbocycles. The van der Waals surface area contributed by atoms with Gasteiger partial charge in [0.05, 0.1) is 23.7 Å². The molecule has 1 saturated carbocycles. The Morgan fingerprint density at radius 2 is 1.76 bits per heavy atom. The second kappa shape index (κ2) is 7.85. The predicted octanol–water partition coefficient (Wildman–Crippen LogP) is 5.13. The zero-order valence-electron chi connectivity index (χ0n) is 18.2. The van der Waals surface area contributed by atoms with Crippen molar-refractivity contribution >= 4 is 6.08 Å². The number of aliphatic hydroxyl groups is 2. The number of allylic oxidation sites excluding steroid dienone is 1. The van der Waals surface area contributed by atoms with Gasteiger partial charge in [-0.15, -0.1) is 0 Å². The number of halogens is 3. The average Bonchev–Trinajstić information content (AvgIpc) is 3.30. The van der Waals surface area contributed by atoms with Gasteiger partial charge in [0.2, 0.25) is 0 Å². The van der Waals surface area contributed by atoms with Crippen molar-refractivity contribution in [1.82, 2.24) is 9.78 Å². The summed E-state index contributed by atoms with van der Waals surface area (Å²) in [6, 6.07) is 9.19. The van der Waals surface area contributed by atoms with Crippen molar-refractivity contribution in [1.29, 1.82) is 0 Å². The number of benzene rings is 2. The van der Waals surface area contributed by atoms with E-state index in [1.165, 1.54) is 12.1 Å². The topological polar surface area (TPSA) is 58.3 Å². The molecule has 4 nitrogen and oxygen atoms in total. The van der Waals surface area contributed by atoms with Gasteiger partial charge in [-0.3, -0.25) is 0 Å². The summed E-state index contributed by atoms with van der Waals surface area (Å²) in [5.41, 5.74) is 2.89. The largest absolute Gasteiger partial charge is 0.396 e. The molecule has 0 amide bonds. The Morgan fingerprint density at radius 1 is 1.06 bits per heavy atom. The fourth-order valence-electron chi connectivity index (χ4n) is 5.72. The monoisotopic (exact) mass is 454 g/mol. The molecule has 1 heterocycles. The Labute approximate surface area is 190 Å². The number of aliphatic hydroxyl groups excluding tert-OH is 2. The molecule has 0 spiro atoms. The summed E-state index contributed by atoms with van der Waals surface area (Å²) in [7, 11) is 0. The molecule has 1 unspecified atom stereocenters. The summed E-state index contributed by atoms with van der Waals surface area (Å²) in [5, 5.41) is 25.9. The lowest BCUT2D eigenvalue weighted by Crippen LogP contribution is -2.43. The van der Waals surface area contributed by atoms with Crippen LogP contribution < -0.4 is 0 Å². The van der Waals surface area contributed by atoms with Gasteiger partial charge in [-0.05, 0) is 79.3 Å². The van der Waals surface area contributed by atoms with Crippen LogP contribution in [0.25, 0.3) is 11.8 Å². The van der Waals surface area contributed by atoms with Gasteiger partial charge in [0, 0.05) is 23.5 Å². The zero-order valence-corrected chi connectivity index (χ0v) is 18.2. The van der Waals surface area contributed by atoms with Gasteiger partial charge in [-0.1, -0.05) is 12.5 Å². The highest BCUT2D eigenvalue weighted by Gasteiger charge is 2.56. The molecule has 2 aliphatic rings. The molecule has 3 aromatic rings. The summed E-state index contributed by atoms with van der Waals surface area (Å²) < 4.78 is 42.6. The maximum Gasteiger partial charge on any atom is 0.126 e. The molecule has 33 heavy (non-hydrogen) atoms. The van der Waals surface area contributed by atoms with Crippen LogP contribution in [0, 0.1) is 28.3 Å². The smallest absolute Gasteiger partial charge is 0.126 e. The van der Waals surface area contributed by atoms with Crippen molar-refractivity contribution < 1.29 is 23.4 Å². The van der Waals surface area contributed by atoms with Gasteiger partial charge >= 0.3 is 0 Å². The Balaban J connectivity index is 1.49. The van der Waals surface area contributed by atoms with E-state index >= 15 is 0 Å². The van der Waals surface area contributed by atoms with Crippen LogP contribution in [-0.2, 0) is 6.42 Å². The lowest BCUT2D eigenvalue weighted by molar-refractivity contribution is -0.0140. The first-order chi connectivity index (χ1) is 15.7. The third kappa shape index (κ3) is 3.50.